The number of benzene rings is 1. The number of hydrogen-bond donors (Lipinski definition) is 2. The van der Waals surface area contributed by atoms with E-state index in [4.69, 9.17) is 14.6 Å². The summed E-state index contributed by atoms with van der Waals surface area (Å²) in [6.07, 6.45) is 11.7. The van der Waals surface area contributed by atoms with Gasteiger partial charge >= 0.3 is 0 Å². The molecule has 0 aliphatic heterocycles. The monoisotopic (exact) mass is 446 g/mol. The molecular formula is C25H34O5S. The van der Waals surface area contributed by atoms with Crippen molar-refractivity contribution in [2.24, 2.45) is 0 Å². The van der Waals surface area contributed by atoms with Gasteiger partial charge < -0.3 is 19.7 Å². The first-order chi connectivity index (χ1) is 15.1. The normalized spacial score (nSPS) is 21.1. The molecule has 2 N–H and O–H groups in total. The summed E-state index contributed by atoms with van der Waals surface area (Å²) in [6.45, 7) is 3.08. The maximum Gasteiger partial charge on any atom is 0.198 e. The Morgan fingerprint density at radius 1 is 1.19 bits per heavy atom. The van der Waals surface area contributed by atoms with Gasteiger partial charge in [-0.15, -0.1) is 11.8 Å². The summed E-state index contributed by atoms with van der Waals surface area (Å²) in [7, 11) is 0. The van der Waals surface area contributed by atoms with Crippen molar-refractivity contribution in [2.75, 3.05) is 26.1 Å². The molecule has 0 radical (unpaired) electrons. The van der Waals surface area contributed by atoms with Gasteiger partial charge in [0.15, 0.2) is 5.78 Å². The van der Waals surface area contributed by atoms with Gasteiger partial charge in [-0.2, -0.15) is 0 Å². The molecular weight excluding hydrogens is 412 g/mol. The van der Waals surface area contributed by atoms with E-state index in [1.165, 1.54) is 11.8 Å². The highest BCUT2D eigenvalue weighted by Gasteiger charge is 2.43. The number of unbranched alkanes of at least 4 members (excludes halogenated alkanes) is 1. The van der Waals surface area contributed by atoms with E-state index in [1.54, 1.807) is 18.2 Å². The number of carbonyl (C=O) groups is 1. The summed E-state index contributed by atoms with van der Waals surface area (Å²) in [5.74, 6) is 0.837. The average molecular weight is 447 g/mol. The van der Waals surface area contributed by atoms with Gasteiger partial charge in [0, 0.05) is 18.8 Å². The SMILES string of the molecule is CCOC1(CCCCOc2ccccc2)C=C(SC)C(=O)C1=CC=CC(O)CCCO. The van der Waals surface area contributed by atoms with Crippen LogP contribution in [0.25, 0.3) is 0 Å². The highest BCUT2D eigenvalue weighted by Crippen LogP contribution is 2.41. The number of carbonyl (C=O) groups excluding carboxylic acids is 1. The van der Waals surface area contributed by atoms with Crippen LogP contribution < -0.4 is 4.74 Å². The number of thioether (sulfide) groups is 1. The molecule has 1 aromatic carbocycles. The first-order valence-electron chi connectivity index (χ1n) is 10.9. The molecule has 6 heteroatoms. The lowest BCUT2D eigenvalue weighted by Gasteiger charge is -2.28. The second-order valence-electron chi connectivity index (χ2n) is 7.38. The first kappa shape index (κ1) is 25.4. The van der Waals surface area contributed by atoms with Crippen molar-refractivity contribution >= 4 is 17.5 Å². The van der Waals surface area contributed by atoms with Crippen LogP contribution in [-0.2, 0) is 9.53 Å². The topological polar surface area (TPSA) is 76.0 Å². The number of rotatable bonds is 14. The predicted octanol–water partition coefficient (Wildman–Crippen LogP) is 4.46. The standard InChI is InChI=1S/C25H34O5S/c1-3-30-25(16-7-8-18-29-21-13-5-4-6-14-21)19-23(31-2)24(28)22(25)15-9-11-20(27)12-10-17-26/h4-6,9,11,13-15,19-20,26-27H,3,7-8,10,12,16-18H2,1-2H3. The van der Waals surface area contributed by atoms with E-state index >= 15 is 0 Å². The second kappa shape index (κ2) is 13.5. The third-order valence-corrected chi connectivity index (χ3v) is 5.86. The molecule has 1 aliphatic rings. The second-order valence-corrected chi connectivity index (χ2v) is 8.23. The van der Waals surface area contributed by atoms with Gasteiger partial charge in [-0.25, -0.2) is 0 Å². The lowest BCUT2D eigenvalue weighted by atomic mass is 9.90. The van der Waals surface area contributed by atoms with Crippen molar-refractivity contribution < 1.29 is 24.5 Å². The zero-order valence-electron chi connectivity index (χ0n) is 18.5. The highest BCUT2D eigenvalue weighted by atomic mass is 32.2. The molecule has 1 aliphatic carbocycles. The van der Waals surface area contributed by atoms with Crippen molar-refractivity contribution in [2.45, 2.75) is 50.7 Å². The molecule has 0 spiro atoms. The molecule has 2 unspecified atom stereocenters. The van der Waals surface area contributed by atoms with Gasteiger partial charge in [0.1, 0.15) is 11.4 Å². The molecule has 0 amide bonds. The van der Waals surface area contributed by atoms with E-state index in [0.29, 0.717) is 43.0 Å². The number of aliphatic hydroxyl groups is 2. The van der Waals surface area contributed by atoms with Gasteiger partial charge in [0.05, 0.1) is 17.6 Å². The van der Waals surface area contributed by atoms with Crippen LogP contribution in [0.4, 0.5) is 0 Å². The minimum absolute atomic E-state index is 0.0176. The Hall–Kier alpha value is -1.86. The van der Waals surface area contributed by atoms with Gasteiger partial charge in [-0.1, -0.05) is 36.4 Å². The van der Waals surface area contributed by atoms with Gasteiger partial charge in [-0.3, -0.25) is 4.79 Å². The zero-order valence-corrected chi connectivity index (χ0v) is 19.3. The first-order valence-corrected chi connectivity index (χ1v) is 12.1. The maximum absolute atomic E-state index is 13.0. The number of ketones is 1. The molecule has 0 aromatic heterocycles. The third-order valence-electron chi connectivity index (χ3n) is 5.12. The van der Waals surface area contributed by atoms with E-state index < -0.39 is 11.7 Å². The maximum atomic E-state index is 13.0. The van der Waals surface area contributed by atoms with Crippen LogP contribution in [0.3, 0.4) is 0 Å². The Morgan fingerprint density at radius 3 is 2.65 bits per heavy atom. The highest BCUT2D eigenvalue weighted by molar-refractivity contribution is 8.03. The smallest absolute Gasteiger partial charge is 0.198 e. The van der Waals surface area contributed by atoms with Crippen LogP contribution in [-0.4, -0.2) is 53.8 Å². The Morgan fingerprint density at radius 2 is 1.97 bits per heavy atom. The molecule has 2 atom stereocenters. The van der Waals surface area contributed by atoms with Crippen molar-refractivity contribution in [3.63, 3.8) is 0 Å². The van der Waals surface area contributed by atoms with Gasteiger partial charge in [0.25, 0.3) is 0 Å². The molecule has 0 fully saturated rings. The van der Waals surface area contributed by atoms with Crippen LogP contribution >= 0.6 is 11.8 Å². The predicted molar refractivity (Wildman–Crippen MR) is 126 cm³/mol. The molecule has 0 saturated carbocycles. The molecule has 5 nitrogen and oxygen atoms in total. The van der Waals surface area contributed by atoms with Crippen LogP contribution in [0.2, 0.25) is 0 Å². The van der Waals surface area contributed by atoms with Crippen LogP contribution in [0.1, 0.15) is 39.0 Å². The Kier molecular flexibility index (Phi) is 11.1. The lowest BCUT2D eigenvalue weighted by Crippen LogP contribution is -2.32. The summed E-state index contributed by atoms with van der Waals surface area (Å²) >= 11 is 1.43. The summed E-state index contributed by atoms with van der Waals surface area (Å²) in [5.41, 5.74) is -0.148. The number of Topliss-reactive ketones (excluding diaryl/α,β-unsaturated/α-hetero) is 1. The van der Waals surface area contributed by atoms with E-state index in [-0.39, 0.29) is 12.4 Å². The Bertz CT molecular complexity index is 771. The number of allylic oxidation sites excluding steroid dienone is 3. The van der Waals surface area contributed by atoms with Crippen molar-refractivity contribution in [3.05, 3.63) is 65.1 Å². The summed E-state index contributed by atoms with van der Waals surface area (Å²) in [5, 5.41) is 18.9. The van der Waals surface area contributed by atoms with Gasteiger partial charge in [0.2, 0.25) is 0 Å². The number of para-hydroxylation sites is 1. The van der Waals surface area contributed by atoms with Crippen LogP contribution in [0.15, 0.2) is 65.1 Å². The number of hydrogen-bond acceptors (Lipinski definition) is 6. The fourth-order valence-electron chi connectivity index (χ4n) is 3.58. The van der Waals surface area contributed by atoms with Crippen molar-refractivity contribution in [3.8, 4) is 5.75 Å². The number of ether oxygens (including phenoxy) is 2. The summed E-state index contributed by atoms with van der Waals surface area (Å²) in [4.78, 5) is 13.6. The minimum Gasteiger partial charge on any atom is -0.494 e. The molecule has 2 rings (SSSR count). The molecule has 0 saturated heterocycles. The van der Waals surface area contributed by atoms with Gasteiger partial charge in [-0.05, 0) is 63.5 Å². The fourth-order valence-corrected chi connectivity index (χ4v) is 4.18. The Balaban J connectivity index is 2.06. The molecule has 1 aromatic rings. The van der Waals surface area contributed by atoms with Crippen LogP contribution in [0.5, 0.6) is 5.75 Å². The van der Waals surface area contributed by atoms with Crippen molar-refractivity contribution in [1.82, 2.24) is 0 Å². The lowest BCUT2D eigenvalue weighted by molar-refractivity contribution is -0.112. The zero-order chi connectivity index (χ0) is 22.5. The van der Waals surface area contributed by atoms with E-state index in [9.17, 15) is 9.90 Å². The average Bonchev–Trinajstić information content (AvgIpc) is 3.04. The molecule has 170 valence electrons. The minimum atomic E-state index is -0.753. The van der Waals surface area contributed by atoms with Crippen LogP contribution in [0, 0.1) is 0 Å². The Labute approximate surface area is 189 Å². The molecule has 0 bridgehead atoms. The fraction of sp³-hybridized carbons (Fsp3) is 0.480. The van der Waals surface area contributed by atoms with E-state index in [1.807, 2.05) is 49.6 Å². The number of aliphatic hydroxyl groups excluding tert-OH is 2. The summed E-state index contributed by atoms with van der Waals surface area (Å²) < 4.78 is 11.9. The molecule has 31 heavy (non-hydrogen) atoms. The van der Waals surface area contributed by atoms with E-state index in [0.717, 1.165) is 18.6 Å². The molecule has 0 heterocycles. The third kappa shape index (κ3) is 7.65. The van der Waals surface area contributed by atoms with Crippen molar-refractivity contribution in [1.29, 1.82) is 0 Å². The summed E-state index contributed by atoms with van der Waals surface area (Å²) in [6, 6.07) is 9.73. The quantitative estimate of drug-likeness (QED) is 0.325. The van der Waals surface area contributed by atoms with E-state index in [2.05, 4.69) is 0 Å². The largest absolute Gasteiger partial charge is 0.494 e.